The number of rotatable bonds is 8. The Labute approximate surface area is 193 Å². The van der Waals surface area contributed by atoms with Crippen molar-refractivity contribution in [2.45, 2.75) is 121 Å². The third kappa shape index (κ3) is 8.43. The van der Waals surface area contributed by atoms with Gasteiger partial charge in [0.1, 0.15) is 6.04 Å². The van der Waals surface area contributed by atoms with Gasteiger partial charge in [0, 0.05) is 11.8 Å². The van der Waals surface area contributed by atoms with Crippen LogP contribution < -0.4 is 5.32 Å². The van der Waals surface area contributed by atoms with Crippen LogP contribution in [0.25, 0.3) is 0 Å². The second-order valence-electron chi connectivity index (χ2n) is 9.68. The Balaban J connectivity index is 1.69. The molecule has 3 rings (SSSR count). The number of amidine groups is 1. The lowest BCUT2D eigenvalue weighted by Crippen LogP contribution is -2.41. The SMILES string of the molecule is CSCC[C@H](N=C(C)C1CCCC1)C(=O)OC(=NC1CCCCC1)NC1CCCCC1. The summed E-state index contributed by atoms with van der Waals surface area (Å²) in [6.07, 6.45) is 19.8. The average molecular weight is 450 g/mol. The van der Waals surface area contributed by atoms with Crippen molar-refractivity contribution in [2.24, 2.45) is 15.9 Å². The topological polar surface area (TPSA) is 63.0 Å². The van der Waals surface area contributed by atoms with E-state index in [1.807, 2.05) is 0 Å². The van der Waals surface area contributed by atoms with Gasteiger partial charge >= 0.3 is 5.97 Å². The number of esters is 1. The van der Waals surface area contributed by atoms with E-state index in [9.17, 15) is 4.79 Å². The van der Waals surface area contributed by atoms with Crippen molar-refractivity contribution in [1.82, 2.24) is 5.32 Å². The monoisotopic (exact) mass is 449 g/mol. The van der Waals surface area contributed by atoms with Gasteiger partial charge in [0.05, 0.1) is 6.04 Å². The van der Waals surface area contributed by atoms with Crippen LogP contribution in [0.3, 0.4) is 0 Å². The molecule has 3 aliphatic carbocycles. The van der Waals surface area contributed by atoms with Crippen molar-refractivity contribution in [3.63, 3.8) is 0 Å². The van der Waals surface area contributed by atoms with Crippen molar-refractivity contribution in [1.29, 1.82) is 0 Å². The van der Waals surface area contributed by atoms with Crippen LogP contribution in [0.5, 0.6) is 0 Å². The van der Waals surface area contributed by atoms with Gasteiger partial charge in [0.25, 0.3) is 6.02 Å². The quantitative estimate of drug-likeness (QED) is 0.284. The zero-order valence-corrected chi connectivity index (χ0v) is 20.6. The molecule has 1 atom stereocenters. The maximum atomic E-state index is 13.2. The van der Waals surface area contributed by atoms with E-state index in [4.69, 9.17) is 14.7 Å². The Kier molecular flexibility index (Phi) is 10.7. The van der Waals surface area contributed by atoms with Gasteiger partial charge in [-0.2, -0.15) is 11.8 Å². The summed E-state index contributed by atoms with van der Waals surface area (Å²) in [5.74, 6) is 1.22. The van der Waals surface area contributed by atoms with Crippen molar-refractivity contribution in [3.8, 4) is 0 Å². The first-order valence-electron chi connectivity index (χ1n) is 12.7. The van der Waals surface area contributed by atoms with E-state index >= 15 is 0 Å². The predicted octanol–water partition coefficient (Wildman–Crippen LogP) is 5.91. The van der Waals surface area contributed by atoms with Crippen molar-refractivity contribution in [3.05, 3.63) is 0 Å². The highest BCUT2D eigenvalue weighted by Gasteiger charge is 2.26. The third-order valence-electron chi connectivity index (χ3n) is 7.18. The minimum Gasteiger partial charge on any atom is -0.391 e. The number of hydrogen-bond donors (Lipinski definition) is 1. The molecule has 0 aromatic rings. The Morgan fingerprint density at radius 3 is 2.23 bits per heavy atom. The molecule has 0 aromatic heterocycles. The second-order valence-corrected chi connectivity index (χ2v) is 10.7. The van der Waals surface area contributed by atoms with Crippen LogP contribution >= 0.6 is 11.8 Å². The lowest BCUT2D eigenvalue weighted by molar-refractivity contribution is -0.137. The normalized spacial score (nSPS) is 23.7. The molecule has 0 unspecified atom stereocenters. The summed E-state index contributed by atoms with van der Waals surface area (Å²) >= 11 is 1.76. The third-order valence-corrected chi connectivity index (χ3v) is 7.82. The molecule has 5 nitrogen and oxygen atoms in total. The molecule has 1 N–H and O–H groups in total. The molecule has 0 saturated heterocycles. The van der Waals surface area contributed by atoms with Crippen LogP contribution in [-0.2, 0) is 9.53 Å². The van der Waals surface area contributed by atoms with E-state index in [1.165, 1.54) is 64.2 Å². The summed E-state index contributed by atoms with van der Waals surface area (Å²) in [6, 6.07) is 0.697. The number of carbonyl (C=O) groups excluding carboxylic acids is 1. The molecular formula is C25H43N3O2S. The fourth-order valence-electron chi connectivity index (χ4n) is 5.21. The van der Waals surface area contributed by atoms with Crippen LogP contribution in [-0.4, -0.2) is 47.8 Å². The van der Waals surface area contributed by atoms with Crippen molar-refractivity contribution >= 4 is 29.5 Å². The van der Waals surface area contributed by atoms with E-state index in [1.54, 1.807) is 11.8 Å². The van der Waals surface area contributed by atoms with Crippen LogP contribution in [0.2, 0.25) is 0 Å². The van der Waals surface area contributed by atoms with Gasteiger partial charge in [-0.25, -0.2) is 9.79 Å². The molecular weight excluding hydrogens is 406 g/mol. The fraction of sp³-hybridized carbons (Fsp3) is 0.880. The number of nitrogens with one attached hydrogen (secondary N) is 1. The second kappa shape index (κ2) is 13.5. The van der Waals surface area contributed by atoms with E-state index in [0.717, 1.165) is 43.6 Å². The average Bonchev–Trinajstić information content (AvgIpc) is 3.33. The minimum absolute atomic E-state index is 0.232. The highest BCUT2D eigenvalue weighted by Crippen LogP contribution is 2.27. The molecule has 0 amide bonds. The highest BCUT2D eigenvalue weighted by atomic mass is 32.2. The molecule has 3 aliphatic rings. The highest BCUT2D eigenvalue weighted by molar-refractivity contribution is 7.98. The maximum absolute atomic E-state index is 13.2. The van der Waals surface area contributed by atoms with Crippen LogP contribution in [0, 0.1) is 5.92 Å². The van der Waals surface area contributed by atoms with Crippen molar-refractivity contribution < 1.29 is 9.53 Å². The first-order chi connectivity index (χ1) is 15.2. The number of ether oxygens (including phenoxy) is 1. The van der Waals surface area contributed by atoms with Gasteiger partial charge in [-0.05, 0) is 69.8 Å². The molecule has 176 valence electrons. The van der Waals surface area contributed by atoms with E-state index in [0.29, 0.717) is 18.0 Å². The Morgan fingerprint density at radius 2 is 1.58 bits per heavy atom. The molecule has 0 aromatic carbocycles. The Hall–Kier alpha value is -1.04. The molecule has 0 aliphatic heterocycles. The molecule has 0 heterocycles. The van der Waals surface area contributed by atoms with Gasteiger partial charge < -0.3 is 10.1 Å². The van der Waals surface area contributed by atoms with Crippen LogP contribution in [0.15, 0.2) is 9.98 Å². The van der Waals surface area contributed by atoms with Gasteiger partial charge in [0.2, 0.25) is 0 Å². The lowest BCUT2D eigenvalue weighted by atomic mass is 9.95. The summed E-state index contributed by atoms with van der Waals surface area (Å²) in [5.41, 5.74) is 1.13. The smallest absolute Gasteiger partial charge is 0.338 e. The van der Waals surface area contributed by atoms with Gasteiger partial charge in [0.15, 0.2) is 0 Å². The molecule has 3 fully saturated rings. The fourth-order valence-corrected chi connectivity index (χ4v) is 5.67. The first-order valence-corrected chi connectivity index (χ1v) is 14.1. The molecule has 0 bridgehead atoms. The number of aliphatic imine (C=N–C) groups is 2. The zero-order valence-electron chi connectivity index (χ0n) is 19.7. The first kappa shape index (κ1) is 24.6. The predicted molar refractivity (Wildman–Crippen MR) is 132 cm³/mol. The largest absolute Gasteiger partial charge is 0.391 e. The Bertz CT molecular complexity index is 604. The zero-order chi connectivity index (χ0) is 21.9. The van der Waals surface area contributed by atoms with E-state index < -0.39 is 6.04 Å². The number of nitrogens with zero attached hydrogens (tertiary/aromatic N) is 2. The maximum Gasteiger partial charge on any atom is 0.338 e. The summed E-state index contributed by atoms with van der Waals surface area (Å²) in [7, 11) is 0. The van der Waals surface area contributed by atoms with E-state index in [2.05, 4.69) is 18.5 Å². The summed E-state index contributed by atoms with van der Waals surface area (Å²) in [5, 5.41) is 3.51. The summed E-state index contributed by atoms with van der Waals surface area (Å²) < 4.78 is 5.96. The molecule has 0 radical (unpaired) electrons. The number of hydrogen-bond acceptors (Lipinski definition) is 5. The van der Waals surface area contributed by atoms with Gasteiger partial charge in [-0.15, -0.1) is 0 Å². The van der Waals surface area contributed by atoms with Gasteiger partial charge in [-0.1, -0.05) is 51.4 Å². The summed E-state index contributed by atoms with van der Waals surface area (Å²) in [4.78, 5) is 23.0. The van der Waals surface area contributed by atoms with Crippen molar-refractivity contribution in [2.75, 3.05) is 12.0 Å². The van der Waals surface area contributed by atoms with Crippen LogP contribution in [0.4, 0.5) is 0 Å². The molecule has 3 saturated carbocycles. The summed E-state index contributed by atoms with van der Waals surface area (Å²) in [6.45, 7) is 2.10. The van der Waals surface area contributed by atoms with Gasteiger partial charge in [-0.3, -0.25) is 4.99 Å². The number of thioether (sulfide) groups is 1. The molecule has 0 spiro atoms. The minimum atomic E-state index is -0.419. The van der Waals surface area contributed by atoms with E-state index in [-0.39, 0.29) is 12.0 Å². The lowest BCUT2D eigenvalue weighted by Gasteiger charge is -2.26. The molecule has 6 heteroatoms. The molecule has 31 heavy (non-hydrogen) atoms. The standard InChI is InChI=1S/C25H43N3O2S/c1-19(20-11-9-10-12-20)26-23(17-18-31-2)24(29)30-25(27-21-13-5-3-6-14-21)28-22-15-7-4-8-16-22/h20-23H,3-18H2,1-2H3,(H,27,28)/t23-/m0/s1. The Morgan fingerprint density at radius 1 is 0.968 bits per heavy atom. The number of carbonyl (C=O) groups is 1. The van der Waals surface area contributed by atoms with Crippen LogP contribution in [0.1, 0.15) is 103 Å².